The van der Waals surface area contributed by atoms with Crippen molar-refractivity contribution in [1.82, 2.24) is 9.80 Å². The van der Waals surface area contributed by atoms with Gasteiger partial charge in [0.05, 0.1) is 25.9 Å². The Morgan fingerprint density at radius 2 is 1.88 bits per heavy atom. The summed E-state index contributed by atoms with van der Waals surface area (Å²) in [7, 11) is 1.63. The maximum absolute atomic E-state index is 12.2. The highest BCUT2D eigenvalue weighted by molar-refractivity contribution is 5.83. The predicted molar refractivity (Wildman–Crippen MR) is 95.0 cm³/mol. The number of carbonyl (C=O) groups excluding carboxylic acids is 2. The molecule has 1 aliphatic rings. The number of rotatable bonds is 8. The van der Waals surface area contributed by atoms with Gasteiger partial charge in [-0.25, -0.2) is 0 Å². The Kier molecular flexibility index (Phi) is 7.88. The normalized spacial score (nSPS) is 15.8. The van der Waals surface area contributed by atoms with E-state index in [4.69, 9.17) is 9.47 Å². The van der Waals surface area contributed by atoms with Gasteiger partial charge in [0.2, 0.25) is 5.91 Å². The molecule has 2 rings (SSSR count). The summed E-state index contributed by atoms with van der Waals surface area (Å²) in [6.45, 7) is 4.72. The van der Waals surface area contributed by atoms with Crippen molar-refractivity contribution in [2.45, 2.75) is 32.5 Å². The average molecular weight is 348 g/mol. The predicted octanol–water partition coefficient (Wildman–Crippen LogP) is 1.69. The van der Waals surface area contributed by atoms with Crippen LogP contribution < -0.4 is 0 Å². The van der Waals surface area contributed by atoms with E-state index >= 15 is 0 Å². The smallest absolute Gasteiger partial charge is 0.325 e. The Labute approximate surface area is 149 Å². The van der Waals surface area contributed by atoms with Crippen molar-refractivity contribution in [2.24, 2.45) is 0 Å². The SMILES string of the molecule is CCOC(=O)CN(C)C(=O)CN1CCC(OCc2ccccc2)CC1. The molecule has 0 aromatic heterocycles. The lowest BCUT2D eigenvalue weighted by atomic mass is 10.1. The van der Waals surface area contributed by atoms with Gasteiger partial charge in [-0.1, -0.05) is 30.3 Å². The maximum atomic E-state index is 12.2. The van der Waals surface area contributed by atoms with Crippen LogP contribution in [0.4, 0.5) is 0 Å². The number of hydrogen-bond donors (Lipinski definition) is 0. The lowest BCUT2D eigenvalue weighted by Crippen LogP contribution is -2.44. The molecule has 1 aromatic carbocycles. The zero-order valence-electron chi connectivity index (χ0n) is 15.1. The molecule has 0 aliphatic carbocycles. The molecule has 1 aliphatic heterocycles. The molecule has 138 valence electrons. The Morgan fingerprint density at radius 3 is 2.52 bits per heavy atom. The molecular formula is C19H28N2O4. The highest BCUT2D eigenvalue weighted by Gasteiger charge is 2.23. The van der Waals surface area contributed by atoms with Crippen LogP contribution in [0.2, 0.25) is 0 Å². The molecule has 1 aromatic rings. The number of ether oxygens (including phenoxy) is 2. The molecule has 1 saturated heterocycles. The van der Waals surface area contributed by atoms with Crippen LogP contribution in [0.15, 0.2) is 30.3 Å². The summed E-state index contributed by atoms with van der Waals surface area (Å²) in [6.07, 6.45) is 2.08. The fourth-order valence-corrected chi connectivity index (χ4v) is 2.82. The first kappa shape index (κ1) is 19.4. The van der Waals surface area contributed by atoms with Crippen LogP contribution in [-0.4, -0.2) is 67.6 Å². The summed E-state index contributed by atoms with van der Waals surface area (Å²) >= 11 is 0. The number of carbonyl (C=O) groups is 2. The molecule has 25 heavy (non-hydrogen) atoms. The molecule has 1 fully saturated rings. The number of nitrogens with zero attached hydrogens (tertiary/aromatic N) is 2. The van der Waals surface area contributed by atoms with Crippen molar-refractivity contribution >= 4 is 11.9 Å². The molecule has 0 N–H and O–H groups in total. The number of esters is 1. The minimum Gasteiger partial charge on any atom is -0.465 e. The number of amides is 1. The fraction of sp³-hybridized carbons (Fsp3) is 0.579. The first-order chi connectivity index (χ1) is 12.1. The highest BCUT2D eigenvalue weighted by Crippen LogP contribution is 2.15. The van der Waals surface area contributed by atoms with Crippen molar-refractivity contribution < 1.29 is 19.1 Å². The molecule has 0 saturated carbocycles. The van der Waals surface area contributed by atoms with Crippen LogP contribution >= 0.6 is 0 Å². The summed E-state index contributed by atoms with van der Waals surface area (Å²) < 4.78 is 10.8. The average Bonchev–Trinajstić information content (AvgIpc) is 2.62. The van der Waals surface area contributed by atoms with Gasteiger partial charge in [0.1, 0.15) is 6.54 Å². The Bertz CT molecular complexity index is 542. The number of piperidine rings is 1. The number of likely N-dealkylation sites (tertiary alicyclic amines) is 1. The zero-order chi connectivity index (χ0) is 18.1. The van der Waals surface area contributed by atoms with Crippen molar-refractivity contribution in [3.63, 3.8) is 0 Å². The molecule has 1 heterocycles. The second kappa shape index (κ2) is 10.2. The third-order valence-electron chi connectivity index (χ3n) is 4.32. The largest absolute Gasteiger partial charge is 0.465 e. The van der Waals surface area contributed by atoms with Gasteiger partial charge >= 0.3 is 5.97 Å². The van der Waals surface area contributed by atoms with Gasteiger partial charge in [-0.2, -0.15) is 0 Å². The topological polar surface area (TPSA) is 59.1 Å². The van der Waals surface area contributed by atoms with Crippen molar-refractivity contribution in [3.05, 3.63) is 35.9 Å². The summed E-state index contributed by atoms with van der Waals surface area (Å²) in [4.78, 5) is 27.2. The van der Waals surface area contributed by atoms with Crippen molar-refractivity contribution in [2.75, 3.05) is 39.8 Å². The molecule has 6 nitrogen and oxygen atoms in total. The van der Waals surface area contributed by atoms with E-state index in [1.807, 2.05) is 18.2 Å². The molecule has 0 bridgehead atoms. The Morgan fingerprint density at radius 1 is 1.20 bits per heavy atom. The minimum absolute atomic E-state index is 0.00330. The molecule has 0 unspecified atom stereocenters. The molecule has 0 spiro atoms. The summed E-state index contributed by atoms with van der Waals surface area (Å²) in [5.74, 6) is -0.428. The van der Waals surface area contributed by atoms with E-state index in [1.165, 1.54) is 10.5 Å². The van der Waals surface area contributed by atoms with Crippen LogP contribution in [0.25, 0.3) is 0 Å². The molecular weight excluding hydrogens is 320 g/mol. The fourth-order valence-electron chi connectivity index (χ4n) is 2.82. The van der Waals surface area contributed by atoms with Crippen LogP contribution in [0.5, 0.6) is 0 Å². The summed E-state index contributed by atoms with van der Waals surface area (Å²) in [6, 6.07) is 10.2. The molecule has 1 amide bonds. The van der Waals surface area contributed by atoms with Gasteiger partial charge in [-0.05, 0) is 25.3 Å². The molecule has 6 heteroatoms. The monoisotopic (exact) mass is 348 g/mol. The molecule has 0 radical (unpaired) electrons. The van der Waals surface area contributed by atoms with Gasteiger partial charge in [-0.3, -0.25) is 14.5 Å². The Hall–Kier alpha value is -1.92. The lowest BCUT2D eigenvalue weighted by molar-refractivity contribution is -0.148. The number of benzene rings is 1. The van der Waals surface area contributed by atoms with Gasteiger partial charge in [0.15, 0.2) is 0 Å². The van der Waals surface area contributed by atoms with Gasteiger partial charge in [0, 0.05) is 20.1 Å². The summed E-state index contributed by atoms with van der Waals surface area (Å²) in [5, 5.41) is 0. The van der Waals surface area contributed by atoms with Gasteiger partial charge in [0.25, 0.3) is 0 Å². The van der Waals surface area contributed by atoms with Crippen LogP contribution in [-0.2, 0) is 25.7 Å². The highest BCUT2D eigenvalue weighted by atomic mass is 16.5. The van der Waals surface area contributed by atoms with E-state index in [9.17, 15) is 9.59 Å². The second-order valence-electron chi connectivity index (χ2n) is 6.33. The van der Waals surface area contributed by atoms with E-state index in [1.54, 1.807) is 14.0 Å². The van der Waals surface area contributed by atoms with Crippen LogP contribution in [0.3, 0.4) is 0 Å². The molecule has 0 atom stereocenters. The first-order valence-corrected chi connectivity index (χ1v) is 8.86. The van der Waals surface area contributed by atoms with Crippen LogP contribution in [0.1, 0.15) is 25.3 Å². The van der Waals surface area contributed by atoms with E-state index in [0.717, 1.165) is 25.9 Å². The minimum atomic E-state index is -0.369. The van der Waals surface area contributed by atoms with Gasteiger partial charge in [-0.15, -0.1) is 0 Å². The van der Waals surface area contributed by atoms with Gasteiger partial charge < -0.3 is 14.4 Å². The van der Waals surface area contributed by atoms with Crippen LogP contribution in [0, 0.1) is 0 Å². The third-order valence-corrected chi connectivity index (χ3v) is 4.32. The first-order valence-electron chi connectivity index (χ1n) is 8.86. The number of hydrogen-bond acceptors (Lipinski definition) is 5. The van der Waals surface area contributed by atoms with E-state index < -0.39 is 0 Å². The standard InChI is InChI=1S/C19H28N2O4/c1-3-24-19(23)14-20(2)18(22)13-21-11-9-17(10-12-21)25-15-16-7-5-4-6-8-16/h4-8,17H,3,9-15H2,1-2H3. The van der Waals surface area contributed by atoms with E-state index in [0.29, 0.717) is 19.8 Å². The maximum Gasteiger partial charge on any atom is 0.325 e. The number of likely N-dealkylation sites (N-methyl/N-ethyl adjacent to an activating group) is 1. The van der Waals surface area contributed by atoms with E-state index in [2.05, 4.69) is 17.0 Å². The van der Waals surface area contributed by atoms with Crippen molar-refractivity contribution in [1.29, 1.82) is 0 Å². The lowest BCUT2D eigenvalue weighted by Gasteiger charge is -2.32. The zero-order valence-corrected chi connectivity index (χ0v) is 15.1. The third kappa shape index (κ3) is 6.84. The van der Waals surface area contributed by atoms with Crippen molar-refractivity contribution in [3.8, 4) is 0 Å². The Balaban J connectivity index is 1.66. The van der Waals surface area contributed by atoms with E-state index in [-0.39, 0.29) is 24.5 Å². The quantitative estimate of drug-likeness (QED) is 0.669. The second-order valence-corrected chi connectivity index (χ2v) is 6.33. The summed E-state index contributed by atoms with van der Waals surface area (Å²) in [5.41, 5.74) is 1.18.